The zero-order chi connectivity index (χ0) is 20.1. The number of benzene rings is 2. The maximum Gasteiger partial charge on any atom is 0.416 e. The predicted molar refractivity (Wildman–Crippen MR) is 95.0 cm³/mol. The van der Waals surface area contributed by atoms with E-state index in [1.165, 1.54) is 25.3 Å². The van der Waals surface area contributed by atoms with E-state index in [0.29, 0.717) is 15.9 Å². The van der Waals surface area contributed by atoms with E-state index in [2.05, 4.69) is 10.1 Å². The molecule has 0 unspecified atom stereocenters. The van der Waals surface area contributed by atoms with Crippen LogP contribution in [0.3, 0.4) is 0 Å². The molecule has 2 aromatic carbocycles. The van der Waals surface area contributed by atoms with Crippen LogP contribution in [-0.4, -0.2) is 20.9 Å². The molecule has 28 heavy (non-hydrogen) atoms. The first-order valence-electron chi connectivity index (χ1n) is 8.14. The highest BCUT2D eigenvalue weighted by Gasteiger charge is 2.31. The monoisotopic (exact) mass is 387 g/mol. The van der Waals surface area contributed by atoms with Gasteiger partial charge >= 0.3 is 17.7 Å². The second-order valence-electron chi connectivity index (χ2n) is 6.19. The standard InChI is InChI=1S/C19H12F3N3O3/c1-10-7-12(19(20,21)22)8-13-15(10)23-9-14-16(13)24-25(17(14)26)28-18(27)11-5-3-2-4-6-11/h2-9,24H,1H3. The molecule has 0 fully saturated rings. The Morgan fingerprint density at radius 2 is 1.86 bits per heavy atom. The van der Waals surface area contributed by atoms with Gasteiger partial charge in [0.25, 0.3) is 0 Å². The Labute approximate surface area is 155 Å². The number of aromatic amines is 1. The molecule has 4 aromatic rings. The third kappa shape index (κ3) is 2.90. The summed E-state index contributed by atoms with van der Waals surface area (Å²) in [5.41, 5.74) is -0.661. The first-order valence-corrected chi connectivity index (χ1v) is 8.14. The van der Waals surface area contributed by atoms with Gasteiger partial charge in [0.2, 0.25) is 0 Å². The first-order chi connectivity index (χ1) is 13.3. The molecule has 0 atom stereocenters. The SMILES string of the molecule is Cc1cc(C(F)(F)F)cc2c1ncc1c(=O)n(OC(=O)c3ccccc3)[nH]c12. The number of hydrogen-bond acceptors (Lipinski definition) is 4. The van der Waals surface area contributed by atoms with Gasteiger partial charge in [-0.15, -0.1) is 0 Å². The number of hydrogen-bond donors (Lipinski definition) is 1. The fraction of sp³-hybridized carbons (Fsp3) is 0.105. The van der Waals surface area contributed by atoms with Gasteiger partial charge in [-0.2, -0.15) is 13.2 Å². The van der Waals surface area contributed by atoms with Gasteiger partial charge in [-0.3, -0.25) is 14.9 Å². The summed E-state index contributed by atoms with van der Waals surface area (Å²) in [5.74, 6) is -0.793. The second-order valence-corrected chi connectivity index (χ2v) is 6.19. The van der Waals surface area contributed by atoms with Crippen molar-refractivity contribution in [2.75, 3.05) is 0 Å². The van der Waals surface area contributed by atoms with Crippen LogP contribution in [0.1, 0.15) is 21.5 Å². The van der Waals surface area contributed by atoms with Gasteiger partial charge in [-0.05, 0) is 36.8 Å². The largest absolute Gasteiger partial charge is 0.416 e. The molecule has 0 aliphatic rings. The molecule has 0 saturated carbocycles. The van der Waals surface area contributed by atoms with Crippen molar-refractivity contribution in [2.24, 2.45) is 0 Å². The Hall–Kier alpha value is -3.62. The predicted octanol–water partition coefficient (Wildman–Crippen LogP) is 3.47. The van der Waals surface area contributed by atoms with Crippen molar-refractivity contribution >= 4 is 27.8 Å². The minimum absolute atomic E-state index is 0.00656. The van der Waals surface area contributed by atoms with Crippen molar-refractivity contribution in [2.45, 2.75) is 13.1 Å². The van der Waals surface area contributed by atoms with E-state index in [-0.39, 0.29) is 21.9 Å². The summed E-state index contributed by atoms with van der Waals surface area (Å²) in [6.07, 6.45) is -3.31. The second kappa shape index (κ2) is 6.22. The molecule has 0 aliphatic heterocycles. The Bertz CT molecular complexity index is 1270. The number of fused-ring (bicyclic) bond motifs is 3. The molecular weight excluding hydrogens is 375 g/mol. The zero-order valence-electron chi connectivity index (χ0n) is 14.4. The maximum atomic E-state index is 13.2. The summed E-state index contributed by atoms with van der Waals surface area (Å²) in [6, 6.07) is 9.89. The Morgan fingerprint density at radius 1 is 1.14 bits per heavy atom. The highest BCUT2D eigenvalue weighted by atomic mass is 19.4. The molecule has 4 rings (SSSR count). The van der Waals surface area contributed by atoms with E-state index in [0.717, 1.165) is 12.1 Å². The number of carbonyl (C=O) groups is 1. The highest BCUT2D eigenvalue weighted by molar-refractivity contribution is 6.04. The van der Waals surface area contributed by atoms with E-state index >= 15 is 0 Å². The third-order valence-corrected chi connectivity index (χ3v) is 4.30. The molecule has 1 N–H and O–H groups in total. The molecule has 142 valence electrons. The molecule has 9 heteroatoms. The zero-order valence-corrected chi connectivity index (χ0v) is 14.4. The fourth-order valence-electron chi connectivity index (χ4n) is 2.96. The summed E-state index contributed by atoms with van der Waals surface area (Å²) in [6.45, 7) is 1.50. The number of aryl methyl sites for hydroxylation is 1. The topological polar surface area (TPSA) is 77.0 Å². The molecule has 0 bridgehead atoms. The van der Waals surface area contributed by atoms with Crippen molar-refractivity contribution in [1.82, 2.24) is 14.9 Å². The van der Waals surface area contributed by atoms with E-state index in [4.69, 9.17) is 4.84 Å². The van der Waals surface area contributed by atoms with Gasteiger partial charge in [0.1, 0.15) is 0 Å². The van der Waals surface area contributed by atoms with Gasteiger partial charge in [0, 0.05) is 11.6 Å². The van der Waals surface area contributed by atoms with Crippen LogP contribution >= 0.6 is 0 Å². The average Bonchev–Trinajstić information content (AvgIpc) is 2.98. The number of rotatable bonds is 2. The smallest absolute Gasteiger partial charge is 0.312 e. The number of nitrogens with zero attached hydrogens (tertiary/aromatic N) is 2. The molecule has 6 nitrogen and oxygen atoms in total. The summed E-state index contributed by atoms with van der Waals surface area (Å²) in [7, 11) is 0. The third-order valence-electron chi connectivity index (χ3n) is 4.30. The number of pyridine rings is 1. The number of alkyl halides is 3. The van der Waals surface area contributed by atoms with Crippen molar-refractivity contribution < 1.29 is 22.8 Å². The number of aromatic nitrogens is 3. The van der Waals surface area contributed by atoms with E-state index in [9.17, 15) is 22.8 Å². The van der Waals surface area contributed by atoms with Gasteiger partial charge in [-0.25, -0.2) is 4.79 Å². The quantitative estimate of drug-likeness (QED) is 0.571. The minimum Gasteiger partial charge on any atom is -0.312 e. The highest BCUT2D eigenvalue weighted by Crippen LogP contribution is 2.34. The Kier molecular flexibility index (Phi) is 3.95. The van der Waals surface area contributed by atoms with Crippen LogP contribution in [0, 0.1) is 6.92 Å². The van der Waals surface area contributed by atoms with Gasteiger partial charge in [-0.1, -0.05) is 23.0 Å². The number of H-pyrrole nitrogens is 1. The van der Waals surface area contributed by atoms with E-state index < -0.39 is 23.3 Å². The first kappa shape index (κ1) is 17.8. The van der Waals surface area contributed by atoms with Crippen LogP contribution < -0.4 is 10.4 Å². The lowest BCUT2D eigenvalue weighted by atomic mass is 10.0. The Balaban J connectivity index is 1.88. The molecule has 0 saturated heterocycles. The van der Waals surface area contributed by atoms with Crippen LogP contribution in [0.15, 0.2) is 53.5 Å². The van der Waals surface area contributed by atoms with Gasteiger partial charge < -0.3 is 4.84 Å². The van der Waals surface area contributed by atoms with Crippen LogP contribution in [0.5, 0.6) is 0 Å². The van der Waals surface area contributed by atoms with Crippen molar-refractivity contribution in [3.63, 3.8) is 0 Å². The van der Waals surface area contributed by atoms with Crippen LogP contribution in [0.2, 0.25) is 0 Å². The summed E-state index contributed by atoms with van der Waals surface area (Å²) in [5, 5.41) is 2.68. The number of halogens is 3. The summed E-state index contributed by atoms with van der Waals surface area (Å²) in [4.78, 5) is 34.4. The summed E-state index contributed by atoms with van der Waals surface area (Å²) >= 11 is 0. The van der Waals surface area contributed by atoms with Crippen LogP contribution in [0.4, 0.5) is 13.2 Å². The molecule has 2 aromatic heterocycles. The fourth-order valence-corrected chi connectivity index (χ4v) is 2.96. The molecule has 0 amide bonds. The van der Waals surface area contributed by atoms with Crippen LogP contribution in [-0.2, 0) is 6.18 Å². The van der Waals surface area contributed by atoms with Gasteiger partial charge in [0.15, 0.2) is 0 Å². The van der Waals surface area contributed by atoms with Gasteiger partial charge in [0.05, 0.1) is 27.5 Å². The van der Waals surface area contributed by atoms with E-state index in [1.807, 2.05) is 0 Å². The minimum atomic E-state index is -4.55. The number of nitrogens with one attached hydrogen (secondary N) is 1. The number of carbonyl (C=O) groups excluding carboxylic acids is 1. The molecule has 2 heterocycles. The molecular formula is C19H12F3N3O3. The van der Waals surface area contributed by atoms with Crippen LogP contribution in [0.25, 0.3) is 21.8 Å². The average molecular weight is 387 g/mol. The normalized spacial score (nSPS) is 11.9. The van der Waals surface area contributed by atoms with E-state index in [1.54, 1.807) is 18.2 Å². The summed E-state index contributed by atoms with van der Waals surface area (Å²) < 4.78 is 39.5. The lowest BCUT2D eigenvalue weighted by Gasteiger charge is -2.10. The lowest BCUT2D eigenvalue weighted by molar-refractivity contribution is -0.137. The maximum absolute atomic E-state index is 13.2. The molecule has 0 radical (unpaired) electrons. The van der Waals surface area contributed by atoms with Crippen molar-refractivity contribution in [3.8, 4) is 0 Å². The molecule has 0 aliphatic carbocycles. The molecule has 0 spiro atoms. The Morgan fingerprint density at radius 3 is 2.54 bits per heavy atom. The van der Waals surface area contributed by atoms with Crippen molar-refractivity contribution in [1.29, 1.82) is 0 Å². The lowest BCUT2D eigenvalue weighted by Crippen LogP contribution is -2.29. The van der Waals surface area contributed by atoms with Crippen molar-refractivity contribution in [3.05, 3.63) is 75.7 Å².